The molecule has 2 aromatic heterocycles. The zero-order chi connectivity index (χ0) is 25.7. The number of rotatable bonds is 0. The lowest BCUT2D eigenvalue weighted by Crippen LogP contribution is -2.57. The molecule has 0 aliphatic carbocycles. The summed E-state index contributed by atoms with van der Waals surface area (Å²) in [6.07, 6.45) is 4.61. The average molecular weight is 540 g/mol. The molecule has 11 rings (SSSR count). The van der Waals surface area contributed by atoms with Crippen LogP contribution >= 0.6 is 23.5 Å². The molecule has 6 heterocycles. The summed E-state index contributed by atoms with van der Waals surface area (Å²) in [6.45, 7) is 0.387. The fraction of sp³-hybridized carbons (Fsp3) is 0. The Morgan fingerprint density at radius 1 is 0.450 bits per heavy atom. The minimum absolute atomic E-state index is 0.193. The summed E-state index contributed by atoms with van der Waals surface area (Å²) in [5, 5.41) is 2.64. The zero-order valence-corrected chi connectivity index (χ0v) is 22.9. The molecule has 182 valence electrons. The third-order valence-electron chi connectivity index (χ3n) is 9.47. The Morgan fingerprint density at radius 2 is 0.900 bits per heavy atom. The van der Waals surface area contributed by atoms with Gasteiger partial charge in [0.1, 0.15) is 0 Å². The summed E-state index contributed by atoms with van der Waals surface area (Å²) in [7, 11) is 0. The van der Waals surface area contributed by atoms with Crippen LogP contribution in [0.4, 0.5) is 0 Å². The van der Waals surface area contributed by atoms with Crippen molar-refractivity contribution in [1.82, 2.24) is 8.96 Å². The molecule has 0 spiro atoms. The predicted molar refractivity (Wildman–Crippen MR) is 170 cm³/mol. The van der Waals surface area contributed by atoms with E-state index in [2.05, 4.69) is 118 Å². The van der Waals surface area contributed by atoms with Crippen LogP contribution in [0.3, 0.4) is 0 Å². The molecule has 0 atom stereocenters. The molecule has 5 aromatic carbocycles. The van der Waals surface area contributed by atoms with Crippen LogP contribution in [0.25, 0.3) is 44.1 Å². The van der Waals surface area contributed by atoms with E-state index < -0.39 is 0 Å². The lowest BCUT2D eigenvalue weighted by Gasteiger charge is -2.36. The number of benzene rings is 5. The van der Waals surface area contributed by atoms with Crippen LogP contribution in [0.1, 0.15) is 0 Å². The highest BCUT2D eigenvalue weighted by atomic mass is 32.2. The van der Waals surface area contributed by atoms with Crippen LogP contribution < -0.4 is 21.9 Å². The van der Waals surface area contributed by atoms with Crippen molar-refractivity contribution >= 4 is 80.9 Å². The molecule has 0 N–H and O–H groups in total. The van der Waals surface area contributed by atoms with Gasteiger partial charge in [-0.3, -0.25) is 0 Å². The Balaban J connectivity index is 1.21. The fourth-order valence-corrected chi connectivity index (χ4v) is 10.3. The number of para-hydroxylation sites is 2. The van der Waals surface area contributed by atoms with Crippen molar-refractivity contribution in [3.63, 3.8) is 0 Å². The molecular formula is C34H18B2N2S2. The summed E-state index contributed by atoms with van der Waals surface area (Å²) in [5.74, 6) is 0. The largest absolute Gasteiger partial charge is 0.382 e. The van der Waals surface area contributed by atoms with Gasteiger partial charge in [-0.2, -0.15) is 0 Å². The number of hydrogen-bond donors (Lipinski definition) is 0. The van der Waals surface area contributed by atoms with Crippen molar-refractivity contribution < 1.29 is 0 Å². The third kappa shape index (κ3) is 2.33. The molecule has 40 heavy (non-hydrogen) atoms. The van der Waals surface area contributed by atoms with Crippen LogP contribution in [0.15, 0.2) is 129 Å². The van der Waals surface area contributed by atoms with E-state index in [9.17, 15) is 0 Å². The first kappa shape index (κ1) is 20.8. The lowest BCUT2D eigenvalue weighted by molar-refractivity contribution is 1.22. The minimum atomic E-state index is 0.193. The van der Waals surface area contributed by atoms with E-state index in [4.69, 9.17) is 0 Å². The van der Waals surface area contributed by atoms with Crippen molar-refractivity contribution in [2.24, 2.45) is 0 Å². The molecule has 0 amide bonds. The standard InChI is InChI=1S/C34H18B2N2S2/c1-5-19-13-15-37-33(19)23(9-1)21-7-3-11-27-31(21)35(37)25-17-30-26(18-29(25)39-27)36-32-22(8-4-12-28(32)40-30)24-10-2-6-20-14-16-38(36)34(20)24/h1-18H. The maximum absolute atomic E-state index is 2.54. The van der Waals surface area contributed by atoms with E-state index in [0.29, 0.717) is 0 Å². The number of aromatic nitrogens is 2. The van der Waals surface area contributed by atoms with Crippen molar-refractivity contribution in [2.75, 3.05) is 0 Å². The Hall–Kier alpha value is -3.99. The van der Waals surface area contributed by atoms with Gasteiger partial charge < -0.3 is 8.96 Å². The monoisotopic (exact) mass is 540 g/mol. The van der Waals surface area contributed by atoms with Gasteiger partial charge in [-0.25, -0.2) is 0 Å². The first-order chi connectivity index (χ1) is 19.8. The second kappa shape index (κ2) is 7.01. The molecular weight excluding hydrogens is 522 g/mol. The molecule has 0 saturated heterocycles. The molecule has 2 nitrogen and oxygen atoms in total. The van der Waals surface area contributed by atoms with Crippen LogP contribution in [0.2, 0.25) is 0 Å². The number of fused-ring (bicyclic) bond motifs is 8. The second-order valence-corrected chi connectivity index (χ2v) is 13.5. The van der Waals surface area contributed by atoms with Crippen LogP contribution in [0.5, 0.6) is 0 Å². The van der Waals surface area contributed by atoms with E-state index in [-0.39, 0.29) is 13.7 Å². The van der Waals surface area contributed by atoms with Crippen molar-refractivity contribution in [3.05, 3.63) is 109 Å². The van der Waals surface area contributed by atoms with E-state index in [1.165, 1.54) is 85.5 Å². The average Bonchev–Trinajstić information content (AvgIpc) is 3.62. The Kier molecular flexibility index (Phi) is 3.65. The van der Waals surface area contributed by atoms with Gasteiger partial charge in [0.05, 0.1) is 0 Å². The second-order valence-electron chi connectivity index (χ2n) is 11.3. The van der Waals surface area contributed by atoms with Crippen molar-refractivity contribution in [1.29, 1.82) is 0 Å². The van der Waals surface area contributed by atoms with E-state index in [1.807, 2.05) is 23.5 Å². The SMILES string of the molecule is c1cc2c3c(c1)-c1cccc4ccn(c14)B3c1cc3c(cc1S2)B1c2c(cccc2-c2cccc4ccn1c24)S3. The molecule has 6 heteroatoms. The zero-order valence-electron chi connectivity index (χ0n) is 21.3. The molecule has 4 aliphatic heterocycles. The van der Waals surface area contributed by atoms with Gasteiger partial charge >= 0.3 is 13.7 Å². The van der Waals surface area contributed by atoms with Gasteiger partial charge in [0.25, 0.3) is 0 Å². The van der Waals surface area contributed by atoms with Gasteiger partial charge in [-0.05, 0) is 80.4 Å². The molecule has 0 radical (unpaired) electrons. The van der Waals surface area contributed by atoms with Crippen molar-refractivity contribution in [3.8, 4) is 22.3 Å². The smallest absolute Gasteiger partial charge is 0.330 e. The predicted octanol–water partition coefficient (Wildman–Crippen LogP) is 5.79. The summed E-state index contributed by atoms with van der Waals surface area (Å²) in [5.41, 5.74) is 14.0. The van der Waals surface area contributed by atoms with Crippen LogP contribution in [0, 0.1) is 0 Å². The van der Waals surface area contributed by atoms with Gasteiger partial charge in [0.2, 0.25) is 0 Å². The highest BCUT2D eigenvalue weighted by Gasteiger charge is 2.43. The minimum Gasteiger partial charge on any atom is -0.382 e. The third-order valence-corrected chi connectivity index (χ3v) is 11.8. The van der Waals surface area contributed by atoms with E-state index in [1.54, 1.807) is 0 Å². The molecule has 0 unspecified atom stereocenters. The van der Waals surface area contributed by atoms with E-state index >= 15 is 0 Å². The number of hydrogen-bond acceptors (Lipinski definition) is 2. The van der Waals surface area contributed by atoms with Gasteiger partial charge in [0.15, 0.2) is 0 Å². The van der Waals surface area contributed by atoms with Crippen LogP contribution in [-0.2, 0) is 0 Å². The summed E-state index contributed by atoms with van der Waals surface area (Å²) in [4.78, 5) is 5.54. The topological polar surface area (TPSA) is 9.86 Å². The first-order valence-electron chi connectivity index (χ1n) is 13.8. The maximum Gasteiger partial charge on any atom is 0.330 e. The molecule has 0 saturated carbocycles. The molecule has 4 aliphatic rings. The van der Waals surface area contributed by atoms with Gasteiger partial charge in [0, 0.05) is 41.7 Å². The fourth-order valence-electron chi connectivity index (χ4n) is 7.92. The molecule has 0 fully saturated rings. The first-order valence-corrected chi connectivity index (χ1v) is 15.5. The lowest BCUT2D eigenvalue weighted by atomic mass is 9.45. The quantitative estimate of drug-likeness (QED) is 0.225. The Morgan fingerprint density at radius 3 is 1.40 bits per heavy atom. The van der Waals surface area contributed by atoms with Crippen molar-refractivity contribution in [2.45, 2.75) is 19.6 Å². The molecule has 7 aromatic rings. The summed E-state index contributed by atoms with van der Waals surface area (Å²) in [6, 6.07) is 36.9. The highest BCUT2D eigenvalue weighted by Crippen LogP contribution is 2.43. The van der Waals surface area contributed by atoms with E-state index in [0.717, 1.165) is 0 Å². The van der Waals surface area contributed by atoms with Crippen LogP contribution in [-0.4, -0.2) is 22.7 Å². The van der Waals surface area contributed by atoms with Gasteiger partial charge in [-0.1, -0.05) is 96.3 Å². The normalized spacial score (nSPS) is 14.7. The Bertz CT molecular complexity index is 2150. The highest BCUT2D eigenvalue weighted by molar-refractivity contribution is 8.00. The maximum atomic E-state index is 2.54. The number of nitrogens with zero attached hydrogens (tertiary/aromatic N) is 2. The summed E-state index contributed by atoms with van der Waals surface area (Å²) >= 11 is 3.91. The Labute approximate surface area is 240 Å². The summed E-state index contributed by atoms with van der Waals surface area (Å²) < 4.78 is 5.07. The molecule has 0 bridgehead atoms. The van der Waals surface area contributed by atoms with Gasteiger partial charge in [-0.15, -0.1) is 0 Å².